The summed E-state index contributed by atoms with van der Waals surface area (Å²) >= 11 is 2.08. The van der Waals surface area contributed by atoms with Gasteiger partial charge in [-0.2, -0.15) is 11.8 Å². The fourth-order valence-corrected chi connectivity index (χ4v) is 2.48. The van der Waals surface area contributed by atoms with Gasteiger partial charge in [0, 0.05) is 39.0 Å². The molecule has 1 N–H and O–H groups in total. The molecule has 0 radical (unpaired) electrons. The molecular formula is C10H22N2OS. The Morgan fingerprint density at radius 1 is 1.29 bits per heavy atom. The molecule has 4 heteroatoms. The van der Waals surface area contributed by atoms with Crippen LogP contribution in [0.15, 0.2) is 0 Å². The van der Waals surface area contributed by atoms with Crippen molar-refractivity contribution in [1.29, 1.82) is 0 Å². The molecule has 0 spiro atoms. The van der Waals surface area contributed by atoms with Crippen LogP contribution in [0.5, 0.6) is 0 Å². The molecule has 0 amide bonds. The van der Waals surface area contributed by atoms with Crippen molar-refractivity contribution in [1.82, 2.24) is 10.2 Å². The molecule has 0 aromatic rings. The number of thioether (sulfide) groups is 1. The van der Waals surface area contributed by atoms with Crippen LogP contribution in [0, 0.1) is 0 Å². The molecule has 1 heterocycles. The highest BCUT2D eigenvalue weighted by Crippen LogP contribution is 2.08. The summed E-state index contributed by atoms with van der Waals surface area (Å²) in [4.78, 5) is 2.56. The minimum atomic E-state index is 0.815. The van der Waals surface area contributed by atoms with Gasteiger partial charge in [-0.05, 0) is 18.7 Å². The zero-order valence-corrected chi connectivity index (χ0v) is 9.94. The maximum absolute atomic E-state index is 4.97. The Morgan fingerprint density at radius 3 is 3.07 bits per heavy atom. The predicted molar refractivity (Wildman–Crippen MR) is 63.1 cm³/mol. The number of methoxy groups -OCH3 is 1. The van der Waals surface area contributed by atoms with Crippen LogP contribution < -0.4 is 5.32 Å². The van der Waals surface area contributed by atoms with Gasteiger partial charge in [-0.15, -0.1) is 0 Å². The number of ether oxygens (including phenoxy) is 1. The first-order valence-electron chi connectivity index (χ1n) is 5.43. The van der Waals surface area contributed by atoms with E-state index in [-0.39, 0.29) is 0 Å². The second-order valence-corrected chi connectivity index (χ2v) is 4.78. The van der Waals surface area contributed by atoms with Crippen molar-refractivity contribution in [2.75, 3.05) is 57.9 Å². The number of hydrogen-bond donors (Lipinski definition) is 1. The topological polar surface area (TPSA) is 24.5 Å². The minimum absolute atomic E-state index is 0.815. The van der Waals surface area contributed by atoms with Gasteiger partial charge in [-0.3, -0.25) is 0 Å². The summed E-state index contributed by atoms with van der Waals surface area (Å²) in [5.41, 5.74) is 0. The van der Waals surface area contributed by atoms with Crippen molar-refractivity contribution in [3.63, 3.8) is 0 Å². The molecule has 0 bridgehead atoms. The number of nitrogens with one attached hydrogen (secondary N) is 1. The number of rotatable bonds is 6. The molecule has 1 aliphatic heterocycles. The summed E-state index contributed by atoms with van der Waals surface area (Å²) < 4.78 is 4.97. The Bertz CT molecular complexity index is 127. The quantitative estimate of drug-likeness (QED) is 0.662. The minimum Gasteiger partial charge on any atom is -0.383 e. The van der Waals surface area contributed by atoms with E-state index in [4.69, 9.17) is 4.74 Å². The summed E-state index contributed by atoms with van der Waals surface area (Å²) in [6.07, 6.45) is 1.35. The average Bonchev–Trinajstić information content (AvgIpc) is 2.46. The fraction of sp³-hybridized carbons (Fsp3) is 1.00. The fourth-order valence-electron chi connectivity index (χ4n) is 1.56. The van der Waals surface area contributed by atoms with Crippen molar-refractivity contribution >= 4 is 11.8 Å². The molecule has 1 fully saturated rings. The van der Waals surface area contributed by atoms with E-state index < -0.39 is 0 Å². The van der Waals surface area contributed by atoms with E-state index in [1.165, 1.54) is 37.6 Å². The summed E-state index contributed by atoms with van der Waals surface area (Å²) in [5.74, 6) is 2.64. The van der Waals surface area contributed by atoms with Gasteiger partial charge in [0.25, 0.3) is 0 Å². The molecule has 84 valence electrons. The van der Waals surface area contributed by atoms with Crippen molar-refractivity contribution < 1.29 is 4.74 Å². The summed E-state index contributed by atoms with van der Waals surface area (Å²) in [6.45, 7) is 6.60. The molecular weight excluding hydrogens is 196 g/mol. The lowest BCUT2D eigenvalue weighted by Gasteiger charge is -2.19. The second-order valence-electron chi connectivity index (χ2n) is 3.55. The van der Waals surface area contributed by atoms with E-state index in [0.717, 1.165) is 19.7 Å². The highest BCUT2D eigenvalue weighted by Gasteiger charge is 2.07. The summed E-state index contributed by atoms with van der Waals surface area (Å²) in [5, 5.41) is 3.38. The zero-order chi connectivity index (χ0) is 10.1. The summed E-state index contributed by atoms with van der Waals surface area (Å²) in [6, 6.07) is 0. The van der Waals surface area contributed by atoms with Crippen LogP contribution >= 0.6 is 11.8 Å². The molecule has 0 atom stereocenters. The van der Waals surface area contributed by atoms with Crippen LogP contribution in [0.1, 0.15) is 6.42 Å². The van der Waals surface area contributed by atoms with Crippen LogP contribution in [0.25, 0.3) is 0 Å². The Hall–Kier alpha value is 0.230. The third-order valence-corrected chi connectivity index (χ3v) is 3.45. The first-order valence-corrected chi connectivity index (χ1v) is 6.58. The zero-order valence-electron chi connectivity index (χ0n) is 9.13. The SMILES string of the molecule is COCCNCCN1CCCSCC1. The van der Waals surface area contributed by atoms with Crippen molar-refractivity contribution in [2.45, 2.75) is 6.42 Å². The third kappa shape index (κ3) is 5.86. The van der Waals surface area contributed by atoms with Crippen molar-refractivity contribution in [2.24, 2.45) is 0 Å². The molecule has 0 unspecified atom stereocenters. The number of hydrogen-bond acceptors (Lipinski definition) is 4. The Morgan fingerprint density at radius 2 is 2.21 bits per heavy atom. The molecule has 1 rings (SSSR count). The Kier molecular flexibility index (Phi) is 7.50. The van der Waals surface area contributed by atoms with Crippen LogP contribution in [-0.2, 0) is 4.74 Å². The molecule has 0 saturated carbocycles. The van der Waals surface area contributed by atoms with Gasteiger partial charge in [0.15, 0.2) is 0 Å². The first kappa shape index (κ1) is 12.3. The lowest BCUT2D eigenvalue weighted by molar-refractivity contribution is 0.197. The standard InChI is InChI=1S/C10H22N2OS/c1-13-8-4-11-3-6-12-5-2-9-14-10-7-12/h11H,2-10H2,1H3. The molecule has 3 nitrogen and oxygen atoms in total. The molecule has 0 aliphatic carbocycles. The maximum Gasteiger partial charge on any atom is 0.0587 e. The second kappa shape index (κ2) is 8.53. The van der Waals surface area contributed by atoms with E-state index in [9.17, 15) is 0 Å². The predicted octanol–water partition coefficient (Wildman–Crippen LogP) is 0.661. The summed E-state index contributed by atoms with van der Waals surface area (Å²) in [7, 11) is 1.74. The first-order chi connectivity index (χ1) is 6.93. The molecule has 1 aliphatic rings. The highest BCUT2D eigenvalue weighted by atomic mass is 32.2. The smallest absolute Gasteiger partial charge is 0.0587 e. The average molecular weight is 218 g/mol. The van der Waals surface area contributed by atoms with Crippen LogP contribution in [0.4, 0.5) is 0 Å². The van der Waals surface area contributed by atoms with E-state index in [1.807, 2.05) is 0 Å². The molecule has 0 aromatic heterocycles. The lowest BCUT2D eigenvalue weighted by atomic mass is 10.4. The third-order valence-electron chi connectivity index (χ3n) is 2.40. The maximum atomic E-state index is 4.97. The lowest BCUT2D eigenvalue weighted by Crippen LogP contribution is -2.34. The van der Waals surface area contributed by atoms with E-state index in [1.54, 1.807) is 7.11 Å². The van der Waals surface area contributed by atoms with Crippen LogP contribution in [0.3, 0.4) is 0 Å². The van der Waals surface area contributed by atoms with Crippen molar-refractivity contribution in [3.8, 4) is 0 Å². The number of nitrogens with zero attached hydrogens (tertiary/aromatic N) is 1. The molecule has 1 saturated heterocycles. The molecule has 14 heavy (non-hydrogen) atoms. The highest BCUT2D eigenvalue weighted by molar-refractivity contribution is 7.99. The van der Waals surface area contributed by atoms with Gasteiger partial charge in [0.05, 0.1) is 6.61 Å². The van der Waals surface area contributed by atoms with Gasteiger partial charge >= 0.3 is 0 Å². The monoisotopic (exact) mass is 218 g/mol. The van der Waals surface area contributed by atoms with Crippen molar-refractivity contribution in [3.05, 3.63) is 0 Å². The van der Waals surface area contributed by atoms with E-state index in [0.29, 0.717) is 0 Å². The van der Waals surface area contributed by atoms with Gasteiger partial charge in [0.1, 0.15) is 0 Å². The van der Waals surface area contributed by atoms with Gasteiger partial charge in [-0.25, -0.2) is 0 Å². The molecule has 0 aromatic carbocycles. The van der Waals surface area contributed by atoms with Gasteiger partial charge in [-0.1, -0.05) is 0 Å². The van der Waals surface area contributed by atoms with Crippen LogP contribution in [-0.4, -0.2) is 62.8 Å². The van der Waals surface area contributed by atoms with E-state index >= 15 is 0 Å². The van der Waals surface area contributed by atoms with Crippen LogP contribution in [0.2, 0.25) is 0 Å². The Labute approximate surface area is 91.6 Å². The van der Waals surface area contributed by atoms with E-state index in [2.05, 4.69) is 22.0 Å². The normalized spacial score (nSPS) is 19.5. The largest absolute Gasteiger partial charge is 0.383 e. The Balaban J connectivity index is 1.93. The van der Waals surface area contributed by atoms with Gasteiger partial charge in [0.2, 0.25) is 0 Å². The van der Waals surface area contributed by atoms with Gasteiger partial charge < -0.3 is 15.0 Å².